The molecular weight excluding hydrogens is 240 g/mol. The molecule has 1 atom stereocenters. The molecule has 1 N–H and O–H groups in total. The molecule has 0 fully saturated rings. The van der Waals surface area contributed by atoms with Crippen molar-refractivity contribution in [3.63, 3.8) is 0 Å². The number of aliphatic carboxylic acids is 1. The zero-order chi connectivity index (χ0) is 14.3. The first-order valence-corrected chi connectivity index (χ1v) is 6.89. The van der Waals surface area contributed by atoms with E-state index in [1.54, 1.807) is 7.11 Å². The van der Waals surface area contributed by atoms with E-state index in [0.717, 1.165) is 32.1 Å². The van der Waals surface area contributed by atoms with Crippen LogP contribution in [0.1, 0.15) is 45.4 Å². The molecule has 19 heavy (non-hydrogen) atoms. The molecule has 108 valence electrons. The molecule has 0 spiro atoms. The first kappa shape index (κ1) is 17.6. The van der Waals surface area contributed by atoms with E-state index in [2.05, 4.69) is 12.2 Å². The van der Waals surface area contributed by atoms with Crippen molar-refractivity contribution in [2.45, 2.75) is 51.6 Å². The van der Waals surface area contributed by atoms with Crippen LogP contribution in [-0.2, 0) is 9.53 Å². The highest BCUT2D eigenvalue weighted by Gasteiger charge is 2.02. The third-order valence-corrected chi connectivity index (χ3v) is 2.76. The van der Waals surface area contributed by atoms with E-state index < -0.39 is 5.97 Å². The molecule has 0 aromatic carbocycles. The van der Waals surface area contributed by atoms with Crippen molar-refractivity contribution in [1.82, 2.24) is 0 Å². The zero-order valence-corrected chi connectivity index (χ0v) is 12.0. The van der Waals surface area contributed by atoms with Crippen LogP contribution in [0.4, 0.5) is 0 Å². The predicted octanol–water partition coefficient (Wildman–Crippen LogP) is 4.12. The van der Waals surface area contributed by atoms with Gasteiger partial charge in [-0.05, 0) is 26.2 Å². The molecular formula is C16H26O3. The van der Waals surface area contributed by atoms with Gasteiger partial charge >= 0.3 is 5.97 Å². The van der Waals surface area contributed by atoms with Gasteiger partial charge in [0, 0.05) is 13.5 Å². The number of rotatable bonds is 11. The lowest BCUT2D eigenvalue weighted by Gasteiger charge is -2.09. The van der Waals surface area contributed by atoms with E-state index in [4.69, 9.17) is 9.84 Å². The van der Waals surface area contributed by atoms with Crippen LogP contribution in [0.5, 0.6) is 0 Å². The number of ether oxygens (including phenoxy) is 1. The van der Waals surface area contributed by atoms with Gasteiger partial charge in [-0.3, -0.25) is 4.79 Å². The molecule has 1 unspecified atom stereocenters. The zero-order valence-electron chi connectivity index (χ0n) is 12.0. The maximum absolute atomic E-state index is 10.4. The molecule has 0 aromatic rings. The third-order valence-electron chi connectivity index (χ3n) is 2.76. The quantitative estimate of drug-likeness (QED) is 0.348. The molecule has 0 aliphatic heterocycles. The summed E-state index contributed by atoms with van der Waals surface area (Å²) in [5.74, 6) is -0.713. The topological polar surface area (TPSA) is 46.5 Å². The normalized spacial score (nSPS) is 13.8. The van der Waals surface area contributed by atoms with Crippen LogP contribution < -0.4 is 0 Å². The number of hydrogen-bond acceptors (Lipinski definition) is 2. The number of carbonyl (C=O) groups is 1. The van der Waals surface area contributed by atoms with Crippen molar-refractivity contribution in [3.05, 3.63) is 36.5 Å². The van der Waals surface area contributed by atoms with Gasteiger partial charge in [-0.25, -0.2) is 0 Å². The minimum Gasteiger partial charge on any atom is -0.481 e. The number of hydrogen-bond donors (Lipinski definition) is 1. The summed E-state index contributed by atoms with van der Waals surface area (Å²) in [5, 5.41) is 8.52. The maximum Gasteiger partial charge on any atom is 0.303 e. The van der Waals surface area contributed by atoms with Gasteiger partial charge in [0.25, 0.3) is 0 Å². The molecule has 0 bridgehead atoms. The summed E-state index contributed by atoms with van der Waals surface area (Å²) >= 11 is 0. The van der Waals surface area contributed by atoms with E-state index in [1.807, 2.05) is 31.2 Å². The number of carboxylic acids is 1. The van der Waals surface area contributed by atoms with E-state index in [0.29, 0.717) is 0 Å². The maximum atomic E-state index is 10.4. The second-order valence-electron chi connectivity index (χ2n) is 4.39. The lowest BCUT2D eigenvalue weighted by molar-refractivity contribution is -0.137. The minimum absolute atomic E-state index is 0.121. The molecule has 0 radical (unpaired) electrons. The Morgan fingerprint density at radius 2 is 2.00 bits per heavy atom. The van der Waals surface area contributed by atoms with Crippen LogP contribution in [0, 0.1) is 0 Å². The van der Waals surface area contributed by atoms with Crippen molar-refractivity contribution in [3.8, 4) is 0 Å². The highest BCUT2D eigenvalue weighted by molar-refractivity contribution is 5.66. The van der Waals surface area contributed by atoms with Crippen LogP contribution in [0.15, 0.2) is 36.5 Å². The van der Waals surface area contributed by atoms with E-state index in [-0.39, 0.29) is 12.5 Å². The Labute approximate surface area is 116 Å². The molecule has 3 heteroatoms. The van der Waals surface area contributed by atoms with Crippen molar-refractivity contribution < 1.29 is 14.6 Å². The summed E-state index contributed by atoms with van der Waals surface area (Å²) in [6.07, 6.45) is 17.3. The van der Waals surface area contributed by atoms with Gasteiger partial charge in [0.05, 0.1) is 6.10 Å². The second-order valence-corrected chi connectivity index (χ2v) is 4.39. The second kappa shape index (κ2) is 13.1. The Morgan fingerprint density at radius 3 is 2.63 bits per heavy atom. The Kier molecular flexibility index (Phi) is 12.2. The van der Waals surface area contributed by atoms with Gasteiger partial charge < -0.3 is 9.84 Å². The lowest BCUT2D eigenvalue weighted by atomic mass is 10.1. The highest BCUT2D eigenvalue weighted by atomic mass is 16.5. The lowest BCUT2D eigenvalue weighted by Crippen LogP contribution is -2.06. The van der Waals surface area contributed by atoms with Crippen LogP contribution in [0.3, 0.4) is 0 Å². The van der Waals surface area contributed by atoms with E-state index in [9.17, 15) is 4.79 Å². The standard InChI is InChI=1S/C16H26O3/c1-3-4-5-6-7-9-12-15(19-2)13-10-8-11-14-16(17)18/h3-4,6-7,9,12,15H,5,8,10-11,13-14H2,1-2H3,(H,17,18). The summed E-state index contributed by atoms with van der Waals surface area (Å²) in [6.45, 7) is 2.01. The SMILES string of the molecule is CC=CCC=CC=CC(CCCCCC(=O)O)OC. The first-order valence-electron chi connectivity index (χ1n) is 6.89. The molecule has 0 aliphatic carbocycles. The van der Waals surface area contributed by atoms with E-state index >= 15 is 0 Å². The molecule has 0 aromatic heterocycles. The van der Waals surface area contributed by atoms with Crippen LogP contribution in [0.2, 0.25) is 0 Å². The molecule has 0 saturated heterocycles. The van der Waals surface area contributed by atoms with Crippen molar-refractivity contribution in [2.75, 3.05) is 7.11 Å². The summed E-state index contributed by atoms with van der Waals surface area (Å²) in [5.41, 5.74) is 0. The van der Waals surface area contributed by atoms with Gasteiger partial charge in [0.2, 0.25) is 0 Å². The summed E-state index contributed by atoms with van der Waals surface area (Å²) < 4.78 is 5.35. The van der Waals surface area contributed by atoms with E-state index in [1.165, 1.54) is 0 Å². The van der Waals surface area contributed by atoms with Crippen molar-refractivity contribution >= 4 is 5.97 Å². The predicted molar refractivity (Wildman–Crippen MR) is 79.2 cm³/mol. The van der Waals surface area contributed by atoms with Gasteiger partial charge in [-0.1, -0.05) is 49.3 Å². The summed E-state index contributed by atoms with van der Waals surface area (Å²) in [7, 11) is 1.70. The van der Waals surface area contributed by atoms with Crippen molar-refractivity contribution in [1.29, 1.82) is 0 Å². The molecule has 0 heterocycles. The number of carboxylic acid groups (broad SMARTS) is 1. The highest BCUT2D eigenvalue weighted by Crippen LogP contribution is 2.09. The molecule has 0 aliphatic rings. The summed E-state index contributed by atoms with van der Waals surface area (Å²) in [4.78, 5) is 10.4. The summed E-state index contributed by atoms with van der Waals surface area (Å²) in [6, 6.07) is 0. The van der Waals surface area contributed by atoms with Gasteiger partial charge in [0.15, 0.2) is 0 Å². The molecule has 0 amide bonds. The third kappa shape index (κ3) is 12.9. The Bertz CT molecular complexity index is 303. The number of methoxy groups -OCH3 is 1. The molecule has 0 rings (SSSR count). The minimum atomic E-state index is -0.713. The van der Waals surface area contributed by atoms with Gasteiger partial charge in [0.1, 0.15) is 0 Å². The van der Waals surface area contributed by atoms with Crippen LogP contribution >= 0.6 is 0 Å². The fourth-order valence-electron chi connectivity index (χ4n) is 1.65. The van der Waals surface area contributed by atoms with Crippen LogP contribution in [0.25, 0.3) is 0 Å². The first-order chi connectivity index (χ1) is 9.20. The molecule has 3 nitrogen and oxygen atoms in total. The Morgan fingerprint density at radius 1 is 1.21 bits per heavy atom. The van der Waals surface area contributed by atoms with Crippen molar-refractivity contribution in [2.24, 2.45) is 0 Å². The number of unbranched alkanes of at least 4 members (excludes halogenated alkanes) is 2. The Hall–Kier alpha value is -1.35. The smallest absolute Gasteiger partial charge is 0.303 e. The Balaban J connectivity index is 3.72. The number of allylic oxidation sites excluding steroid dienone is 5. The monoisotopic (exact) mass is 266 g/mol. The van der Waals surface area contributed by atoms with Gasteiger partial charge in [-0.15, -0.1) is 0 Å². The average Bonchev–Trinajstić information content (AvgIpc) is 2.39. The van der Waals surface area contributed by atoms with Gasteiger partial charge in [-0.2, -0.15) is 0 Å². The van der Waals surface area contributed by atoms with Crippen LogP contribution in [-0.4, -0.2) is 24.3 Å². The fourth-order valence-corrected chi connectivity index (χ4v) is 1.65. The molecule has 0 saturated carbocycles. The largest absolute Gasteiger partial charge is 0.481 e. The fraction of sp³-hybridized carbons (Fsp3) is 0.562. The average molecular weight is 266 g/mol.